The van der Waals surface area contributed by atoms with E-state index in [2.05, 4.69) is 9.72 Å². The van der Waals surface area contributed by atoms with Crippen molar-refractivity contribution in [1.82, 2.24) is 9.29 Å². The van der Waals surface area contributed by atoms with Crippen molar-refractivity contribution in [2.75, 3.05) is 20.2 Å². The van der Waals surface area contributed by atoms with Crippen LogP contribution in [0.4, 0.5) is 0 Å². The molecular weight excluding hydrogens is 376 g/mol. The lowest BCUT2D eigenvalue weighted by atomic mass is 10.2. The number of carbonyl (C=O) groups is 1. The standard InChI is InChI=1S/C17H20N2O5S2/c1-23-17(20)15-7-5-13(24-15)12-25-16-8-6-14(11-18-16)26(21,22)19-9-3-2-4-10-19/h5-8,11H,2-4,9-10,12H2,1H3. The Hall–Kier alpha value is -1.84. The molecule has 0 aromatic carbocycles. The van der Waals surface area contributed by atoms with Crippen LogP contribution in [0.25, 0.3) is 0 Å². The summed E-state index contributed by atoms with van der Waals surface area (Å²) in [5.74, 6) is 0.718. The molecule has 0 amide bonds. The summed E-state index contributed by atoms with van der Waals surface area (Å²) in [5.41, 5.74) is 0. The van der Waals surface area contributed by atoms with Gasteiger partial charge in [-0.05, 0) is 37.1 Å². The highest BCUT2D eigenvalue weighted by Crippen LogP contribution is 2.25. The van der Waals surface area contributed by atoms with Crippen LogP contribution in [0.2, 0.25) is 0 Å². The Kier molecular flexibility index (Phi) is 6.00. The fourth-order valence-corrected chi connectivity index (χ4v) is 4.87. The number of furan rings is 1. The lowest BCUT2D eigenvalue weighted by Crippen LogP contribution is -2.35. The fraction of sp³-hybridized carbons (Fsp3) is 0.412. The van der Waals surface area contributed by atoms with Gasteiger partial charge in [-0.15, -0.1) is 0 Å². The van der Waals surface area contributed by atoms with Crippen LogP contribution in [0.1, 0.15) is 35.6 Å². The molecule has 1 aliphatic rings. The second kappa shape index (κ2) is 8.24. The molecule has 3 rings (SSSR count). The van der Waals surface area contributed by atoms with E-state index < -0.39 is 16.0 Å². The van der Waals surface area contributed by atoms with Crippen LogP contribution in [0.5, 0.6) is 0 Å². The quantitative estimate of drug-likeness (QED) is 0.548. The Morgan fingerprint density at radius 2 is 2.00 bits per heavy atom. The maximum atomic E-state index is 12.6. The zero-order valence-electron chi connectivity index (χ0n) is 14.4. The van der Waals surface area contributed by atoms with Gasteiger partial charge in [-0.25, -0.2) is 18.2 Å². The number of sulfonamides is 1. The van der Waals surface area contributed by atoms with Gasteiger partial charge in [0.05, 0.1) is 17.9 Å². The van der Waals surface area contributed by atoms with E-state index in [0.29, 0.717) is 29.6 Å². The third kappa shape index (κ3) is 4.28. The van der Waals surface area contributed by atoms with E-state index in [1.165, 1.54) is 29.4 Å². The molecule has 0 atom stereocenters. The molecule has 1 fully saturated rings. The van der Waals surface area contributed by atoms with Gasteiger partial charge in [0.15, 0.2) is 0 Å². The lowest BCUT2D eigenvalue weighted by molar-refractivity contribution is 0.0563. The molecule has 140 valence electrons. The average molecular weight is 396 g/mol. The number of nitrogens with zero attached hydrogens (tertiary/aromatic N) is 2. The van der Waals surface area contributed by atoms with Crippen LogP contribution in [0.3, 0.4) is 0 Å². The van der Waals surface area contributed by atoms with Crippen LogP contribution >= 0.6 is 11.8 Å². The number of pyridine rings is 1. The summed E-state index contributed by atoms with van der Waals surface area (Å²) in [7, 11) is -2.17. The normalized spacial score (nSPS) is 15.7. The van der Waals surface area contributed by atoms with Gasteiger partial charge < -0.3 is 9.15 Å². The molecule has 2 aromatic rings. The summed E-state index contributed by atoms with van der Waals surface area (Å²) in [5, 5.41) is 0.679. The van der Waals surface area contributed by atoms with Gasteiger partial charge in [0.25, 0.3) is 0 Å². The summed E-state index contributed by atoms with van der Waals surface area (Å²) in [6.07, 6.45) is 4.27. The monoisotopic (exact) mass is 396 g/mol. The van der Waals surface area contributed by atoms with Crippen molar-refractivity contribution in [2.24, 2.45) is 0 Å². The second-order valence-electron chi connectivity index (χ2n) is 5.84. The second-order valence-corrected chi connectivity index (χ2v) is 8.78. The first-order chi connectivity index (χ1) is 12.5. The fourth-order valence-electron chi connectivity index (χ4n) is 2.67. The largest absolute Gasteiger partial charge is 0.463 e. The van der Waals surface area contributed by atoms with E-state index >= 15 is 0 Å². The number of thioether (sulfide) groups is 1. The van der Waals surface area contributed by atoms with E-state index in [1.54, 1.807) is 24.3 Å². The van der Waals surface area contributed by atoms with Gasteiger partial charge >= 0.3 is 5.97 Å². The Bertz CT molecular complexity index is 856. The number of hydrogen-bond donors (Lipinski definition) is 0. The Labute approximate surface area is 156 Å². The average Bonchev–Trinajstić information content (AvgIpc) is 3.16. The first-order valence-electron chi connectivity index (χ1n) is 8.27. The summed E-state index contributed by atoms with van der Waals surface area (Å²) >= 11 is 1.40. The first kappa shape index (κ1) is 18.9. The van der Waals surface area contributed by atoms with Gasteiger partial charge in [-0.2, -0.15) is 4.31 Å². The molecule has 3 heterocycles. The van der Waals surface area contributed by atoms with Crippen molar-refractivity contribution in [3.05, 3.63) is 42.0 Å². The first-order valence-corrected chi connectivity index (χ1v) is 10.7. The lowest BCUT2D eigenvalue weighted by Gasteiger charge is -2.25. The zero-order valence-corrected chi connectivity index (χ0v) is 16.0. The van der Waals surface area contributed by atoms with E-state index in [-0.39, 0.29) is 10.7 Å². The molecule has 0 N–H and O–H groups in total. The number of hydrogen-bond acceptors (Lipinski definition) is 7. The van der Waals surface area contributed by atoms with E-state index in [0.717, 1.165) is 19.3 Å². The van der Waals surface area contributed by atoms with Crippen molar-refractivity contribution in [3.8, 4) is 0 Å². The topological polar surface area (TPSA) is 89.7 Å². The third-order valence-electron chi connectivity index (χ3n) is 4.07. The Balaban J connectivity index is 1.62. The number of aromatic nitrogens is 1. The highest BCUT2D eigenvalue weighted by molar-refractivity contribution is 7.98. The smallest absolute Gasteiger partial charge is 0.373 e. The van der Waals surface area contributed by atoms with Crippen LogP contribution in [-0.4, -0.2) is 43.9 Å². The van der Waals surface area contributed by atoms with Gasteiger partial charge in [0.2, 0.25) is 15.8 Å². The van der Waals surface area contributed by atoms with Gasteiger partial charge in [0, 0.05) is 19.3 Å². The molecule has 0 bridgehead atoms. The highest BCUT2D eigenvalue weighted by atomic mass is 32.2. The molecule has 1 saturated heterocycles. The minimum atomic E-state index is -3.46. The van der Waals surface area contributed by atoms with Gasteiger partial charge in [-0.3, -0.25) is 0 Å². The molecule has 2 aromatic heterocycles. The van der Waals surface area contributed by atoms with Gasteiger partial charge in [-0.1, -0.05) is 18.2 Å². The number of rotatable bonds is 6. The number of carbonyl (C=O) groups excluding carboxylic acids is 1. The van der Waals surface area contributed by atoms with E-state index in [9.17, 15) is 13.2 Å². The van der Waals surface area contributed by atoms with Crippen LogP contribution in [0.15, 0.2) is 44.8 Å². The molecule has 26 heavy (non-hydrogen) atoms. The summed E-state index contributed by atoms with van der Waals surface area (Å²) < 4.78 is 36.7. The summed E-state index contributed by atoms with van der Waals surface area (Å²) in [6.45, 7) is 1.14. The SMILES string of the molecule is COC(=O)c1ccc(CSc2ccc(S(=O)(=O)N3CCCCC3)cn2)o1. The number of piperidine rings is 1. The van der Waals surface area contributed by atoms with Crippen molar-refractivity contribution >= 4 is 27.8 Å². The number of methoxy groups -OCH3 is 1. The predicted octanol–water partition coefficient (Wildman–Crippen LogP) is 2.93. The van der Waals surface area contributed by atoms with Crippen molar-refractivity contribution in [2.45, 2.75) is 34.9 Å². The minimum Gasteiger partial charge on any atom is -0.463 e. The van der Waals surface area contributed by atoms with E-state index in [4.69, 9.17) is 4.42 Å². The molecular formula is C17H20N2O5S2. The van der Waals surface area contributed by atoms with Crippen LogP contribution in [-0.2, 0) is 20.5 Å². The summed E-state index contributed by atoms with van der Waals surface area (Å²) in [6, 6.07) is 6.53. The van der Waals surface area contributed by atoms with Gasteiger partial charge in [0.1, 0.15) is 10.7 Å². The minimum absolute atomic E-state index is 0.152. The molecule has 0 aliphatic carbocycles. The van der Waals surface area contributed by atoms with Crippen LogP contribution in [0, 0.1) is 0 Å². The highest BCUT2D eigenvalue weighted by Gasteiger charge is 2.26. The Morgan fingerprint density at radius 1 is 1.23 bits per heavy atom. The Morgan fingerprint density at radius 3 is 2.65 bits per heavy atom. The molecule has 9 heteroatoms. The van der Waals surface area contributed by atoms with Crippen LogP contribution < -0.4 is 0 Å². The molecule has 1 aliphatic heterocycles. The van der Waals surface area contributed by atoms with Crippen molar-refractivity contribution in [3.63, 3.8) is 0 Å². The molecule has 0 saturated carbocycles. The maximum Gasteiger partial charge on any atom is 0.373 e. The number of ether oxygens (including phenoxy) is 1. The molecule has 0 radical (unpaired) electrons. The zero-order chi connectivity index (χ0) is 18.6. The van der Waals surface area contributed by atoms with Crippen molar-refractivity contribution < 1.29 is 22.4 Å². The maximum absolute atomic E-state index is 12.6. The van der Waals surface area contributed by atoms with E-state index in [1.807, 2.05) is 0 Å². The third-order valence-corrected chi connectivity index (χ3v) is 6.92. The summed E-state index contributed by atoms with van der Waals surface area (Å²) in [4.78, 5) is 15.8. The molecule has 0 unspecified atom stereocenters. The predicted molar refractivity (Wildman–Crippen MR) is 96.5 cm³/mol. The van der Waals surface area contributed by atoms with Crippen molar-refractivity contribution in [1.29, 1.82) is 0 Å². The molecule has 7 nitrogen and oxygen atoms in total. The molecule has 0 spiro atoms. The number of esters is 1.